The van der Waals surface area contributed by atoms with E-state index in [0.717, 1.165) is 44.6 Å². The van der Waals surface area contributed by atoms with E-state index in [4.69, 9.17) is 0 Å². The Morgan fingerprint density at radius 2 is 1.63 bits per heavy atom. The molecule has 0 bridgehead atoms. The molecule has 46 heavy (non-hydrogen) atoms. The number of hydrogen-bond acceptors (Lipinski definition) is 4. The number of halogens is 3. The zero-order valence-corrected chi connectivity index (χ0v) is 24.6. The normalized spacial score (nSPS) is 13.9. The Labute approximate surface area is 263 Å². The molecule has 0 saturated heterocycles. The Hall–Kier alpha value is -5.46. The van der Waals surface area contributed by atoms with Crippen LogP contribution in [0.2, 0.25) is 0 Å². The Bertz CT molecular complexity index is 2140. The van der Waals surface area contributed by atoms with Gasteiger partial charge in [0, 0.05) is 11.8 Å². The lowest BCUT2D eigenvalue weighted by molar-refractivity contribution is -0.141. The molecular formula is C37H28F3N5O. The number of nitrogens with zero attached hydrogens (tertiary/aromatic N) is 3. The van der Waals surface area contributed by atoms with Crippen LogP contribution in [0.5, 0.6) is 0 Å². The molecule has 1 unspecified atom stereocenters. The lowest BCUT2D eigenvalue weighted by Gasteiger charge is -2.23. The SMILES string of the molecule is N#Cc1cccc(-n2nc(C(F)(F)F)cc2C(=O)Nc2cccc(C(NCC3CC3)c3cc4ccccc4c4ccccc34)c2)c1. The highest BCUT2D eigenvalue weighted by Crippen LogP contribution is 2.37. The van der Waals surface area contributed by atoms with Crippen LogP contribution in [0.1, 0.15) is 51.8 Å². The number of nitriles is 1. The molecule has 2 N–H and O–H groups in total. The van der Waals surface area contributed by atoms with Gasteiger partial charge in [0.15, 0.2) is 5.69 Å². The first kappa shape index (κ1) is 29.3. The van der Waals surface area contributed by atoms with Crippen LogP contribution in [0.25, 0.3) is 27.2 Å². The Morgan fingerprint density at radius 1 is 0.891 bits per heavy atom. The molecule has 1 aliphatic carbocycles. The van der Waals surface area contributed by atoms with Crippen molar-refractivity contribution >= 4 is 33.1 Å². The van der Waals surface area contributed by atoms with Crippen LogP contribution < -0.4 is 10.6 Å². The lowest BCUT2D eigenvalue weighted by atomic mass is 9.90. The van der Waals surface area contributed by atoms with Crippen molar-refractivity contribution in [3.63, 3.8) is 0 Å². The third-order valence-corrected chi connectivity index (χ3v) is 8.35. The van der Waals surface area contributed by atoms with Gasteiger partial charge in [0.05, 0.1) is 23.4 Å². The molecule has 7 rings (SSSR count). The average molecular weight is 616 g/mol. The minimum absolute atomic E-state index is 0.168. The quantitative estimate of drug-likeness (QED) is 0.169. The molecule has 1 fully saturated rings. The fourth-order valence-electron chi connectivity index (χ4n) is 5.91. The number of alkyl halides is 3. The van der Waals surface area contributed by atoms with Gasteiger partial charge in [0.1, 0.15) is 5.69 Å². The highest BCUT2D eigenvalue weighted by Gasteiger charge is 2.36. The van der Waals surface area contributed by atoms with Gasteiger partial charge in [-0.1, -0.05) is 66.7 Å². The molecule has 1 atom stereocenters. The predicted octanol–water partition coefficient (Wildman–Crippen LogP) is 8.41. The number of carbonyl (C=O) groups is 1. The Morgan fingerprint density at radius 3 is 2.39 bits per heavy atom. The van der Waals surface area contributed by atoms with Crippen molar-refractivity contribution in [1.82, 2.24) is 15.1 Å². The van der Waals surface area contributed by atoms with Gasteiger partial charge in [-0.15, -0.1) is 0 Å². The van der Waals surface area contributed by atoms with E-state index in [1.54, 1.807) is 6.07 Å². The minimum Gasteiger partial charge on any atom is -0.321 e. The maximum Gasteiger partial charge on any atom is 0.435 e. The molecular weight excluding hydrogens is 587 g/mol. The number of aromatic nitrogens is 2. The summed E-state index contributed by atoms with van der Waals surface area (Å²) in [5.41, 5.74) is 1.32. The van der Waals surface area contributed by atoms with E-state index in [1.165, 1.54) is 42.5 Å². The first-order valence-electron chi connectivity index (χ1n) is 15.0. The standard InChI is InChI=1S/C37H28F3N5O/c38-37(39,40)34-20-33(45(44-34)28-11-5-7-24(17-28)21-41)36(46)43-27-10-6-9-26(18-27)35(42-22-23-15-16-23)32-19-25-8-1-2-12-29(25)30-13-3-4-14-31(30)32/h1-14,17-20,23,35,42H,15-16,22H2,(H,43,46). The smallest absolute Gasteiger partial charge is 0.321 e. The van der Waals surface area contributed by atoms with Crippen molar-refractivity contribution in [3.8, 4) is 11.8 Å². The van der Waals surface area contributed by atoms with Crippen LogP contribution in [0.4, 0.5) is 18.9 Å². The molecule has 1 aliphatic rings. The van der Waals surface area contributed by atoms with Gasteiger partial charge in [-0.2, -0.15) is 23.5 Å². The van der Waals surface area contributed by atoms with Crippen molar-refractivity contribution in [2.45, 2.75) is 25.1 Å². The topological polar surface area (TPSA) is 82.7 Å². The summed E-state index contributed by atoms with van der Waals surface area (Å²) in [6.45, 7) is 0.837. The third kappa shape index (κ3) is 5.83. The van der Waals surface area contributed by atoms with Crippen molar-refractivity contribution in [2.24, 2.45) is 5.92 Å². The molecule has 0 radical (unpaired) electrons. The van der Waals surface area contributed by atoms with Crippen LogP contribution in [-0.4, -0.2) is 22.2 Å². The van der Waals surface area contributed by atoms with E-state index < -0.39 is 17.8 Å². The lowest BCUT2D eigenvalue weighted by Crippen LogP contribution is -2.25. The second-order valence-electron chi connectivity index (χ2n) is 11.6. The number of rotatable bonds is 8. The molecule has 0 aliphatic heterocycles. The van der Waals surface area contributed by atoms with Crippen LogP contribution in [0, 0.1) is 17.2 Å². The monoisotopic (exact) mass is 615 g/mol. The summed E-state index contributed by atoms with van der Waals surface area (Å²) in [5, 5.41) is 24.1. The Kier molecular flexibility index (Phi) is 7.51. The third-order valence-electron chi connectivity index (χ3n) is 8.35. The van der Waals surface area contributed by atoms with E-state index in [2.05, 4.69) is 46.1 Å². The molecule has 1 saturated carbocycles. The van der Waals surface area contributed by atoms with E-state index in [1.807, 2.05) is 48.5 Å². The van der Waals surface area contributed by atoms with E-state index in [0.29, 0.717) is 11.6 Å². The molecule has 1 aromatic heterocycles. The van der Waals surface area contributed by atoms with E-state index in [-0.39, 0.29) is 23.0 Å². The van der Waals surface area contributed by atoms with Crippen molar-refractivity contribution in [2.75, 3.05) is 11.9 Å². The number of amides is 1. The number of anilines is 1. The van der Waals surface area contributed by atoms with Crippen LogP contribution in [0.15, 0.2) is 109 Å². The number of hydrogen-bond donors (Lipinski definition) is 2. The summed E-state index contributed by atoms with van der Waals surface area (Å²) >= 11 is 0. The van der Waals surface area contributed by atoms with Gasteiger partial charge < -0.3 is 10.6 Å². The van der Waals surface area contributed by atoms with Gasteiger partial charge in [-0.3, -0.25) is 4.79 Å². The fourth-order valence-corrected chi connectivity index (χ4v) is 5.91. The average Bonchev–Trinajstić information content (AvgIpc) is 3.78. The molecule has 0 spiro atoms. The second kappa shape index (κ2) is 11.8. The summed E-state index contributed by atoms with van der Waals surface area (Å²) in [6.07, 6.45) is -2.41. The van der Waals surface area contributed by atoms with Gasteiger partial charge in [-0.05, 0) is 94.4 Å². The second-order valence-corrected chi connectivity index (χ2v) is 11.6. The first-order chi connectivity index (χ1) is 22.3. The predicted molar refractivity (Wildman–Crippen MR) is 172 cm³/mol. The highest BCUT2D eigenvalue weighted by molar-refractivity contribution is 6.09. The molecule has 1 heterocycles. The van der Waals surface area contributed by atoms with Crippen LogP contribution >= 0.6 is 0 Å². The molecule has 6 aromatic rings. The van der Waals surface area contributed by atoms with Gasteiger partial charge >= 0.3 is 6.18 Å². The van der Waals surface area contributed by atoms with Gasteiger partial charge in [-0.25, -0.2) is 4.68 Å². The maximum absolute atomic E-state index is 13.7. The van der Waals surface area contributed by atoms with Crippen LogP contribution in [-0.2, 0) is 6.18 Å². The number of fused-ring (bicyclic) bond motifs is 3. The maximum atomic E-state index is 13.7. The molecule has 6 nitrogen and oxygen atoms in total. The minimum atomic E-state index is -4.77. The van der Waals surface area contributed by atoms with E-state index >= 15 is 0 Å². The van der Waals surface area contributed by atoms with Crippen molar-refractivity contribution < 1.29 is 18.0 Å². The van der Waals surface area contributed by atoms with Crippen molar-refractivity contribution in [1.29, 1.82) is 5.26 Å². The fraction of sp³-hybridized carbons (Fsp3) is 0.162. The first-order valence-corrected chi connectivity index (χ1v) is 15.0. The number of nitrogens with one attached hydrogen (secondary N) is 2. The van der Waals surface area contributed by atoms with Crippen molar-refractivity contribution in [3.05, 3.63) is 137 Å². The zero-order valence-electron chi connectivity index (χ0n) is 24.6. The van der Waals surface area contributed by atoms with E-state index in [9.17, 15) is 23.2 Å². The summed E-state index contributed by atoms with van der Waals surface area (Å²) < 4.78 is 42.1. The zero-order chi connectivity index (χ0) is 31.8. The molecule has 5 aromatic carbocycles. The number of carbonyl (C=O) groups excluding carboxylic acids is 1. The number of benzene rings is 5. The molecule has 9 heteroatoms. The summed E-state index contributed by atoms with van der Waals surface area (Å²) in [7, 11) is 0. The highest BCUT2D eigenvalue weighted by atomic mass is 19.4. The largest absolute Gasteiger partial charge is 0.435 e. The molecule has 228 valence electrons. The molecule has 1 amide bonds. The summed E-state index contributed by atoms with van der Waals surface area (Å²) in [6, 6.07) is 34.6. The van der Waals surface area contributed by atoms with Gasteiger partial charge in [0.25, 0.3) is 5.91 Å². The van der Waals surface area contributed by atoms with Gasteiger partial charge in [0.2, 0.25) is 0 Å². The summed E-state index contributed by atoms with van der Waals surface area (Å²) in [4.78, 5) is 13.6. The Balaban J connectivity index is 1.27. The van der Waals surface area contributed by atoms with Crippen LogP contribution in [0.3, 0.4) is 0 Å². The summed E-state index contributed by atoms with van der Waals surface area (Å²) in [5.74, 6) is -0.152.